The Morgan fingerprint density at radius 3 is 2.12 bits per heavy atom. The van der Waals surface area contributed by atoms with Crippen molar-refractivity contribution in [2.45, 2.75) is 72.8 Å². The van der Waals surface area contributed by atoms with Crippen LogP contribution in [0.5, 0.6) is 0 Å². The van der Waals surface area contributed by atoms with Gasteiger partial charge < -0.3 is 4.74 Å². The van der Waals surface area contributed by atoms with Gasteiger partial charge in [-0.3, -0.25) is 4.79 Å². The predicted molar refractivity (Wildman–Crippen MR) is 68.3 cm³/mol. The highest BCUT2D eigenvalue weighted by molar-refractivity contribution is 5.73. The van der Waals surface area contributed by atoms with Crippen LogP contribution in [0.2, 0.25) is 0 Å². The van der Waals surface area contributed by atoms with E-state index in [1.165, 1.54) is 12.8 Å². The monoisotopic (exact) mass is 228 g/mol. The molecule has 0 bridgehead atoms. The molecule has 16 heavy (non-hydrogen) atoms. The van der Waals surface area contributed by atoms with Crippen LogP contribution >= 0.6 is 0 Å². The van der Waals surface area contributed by atoms with E-state index in [1.807, 2.05) is 20.8 Å². The first-order valence-electron chi connectivity index (χ1n) is 6.50. The summed E-state index contributed by atoms with van der Waals surface area (Å²) in [5, 5.41) is 0. The Kier molecular flexibility index (Phi) is 6.70. The Balaban J connectivity index is 4.25. The molecule has 0 aromatic rings. The van der Waals surface area contributed by atoms with E-state index in [9.17, 15) is 4.79 Å². The van der Waals surface area contributed by atoms with Gasteiger partial charge in [0, 0.05) is 0 Å². The molecule has 0 saturated carbocycles. The summed E-state index contributed by atoms with van der Waals surface area (Å²) in [6, 6.07) is 0. The summed E-state index contributed by atoms with van der Waals surface area (Å²) in [5.74, 6) is 0.399. The molecule has 0 aliphatic carbocycles. The molecule has 0 aliphatic rings. The smallest absolute Gasteiger partial charge is 0.309 e. The van der Waals surface area contributed by atoms with E-state index in [0.29, 0.717) is 5.92 Å². The molecule has 0 aliphatic heterocycles. The van der Waals surface area contributed by atoms with E-state index in [0.717, 1.165) is 12.8 Å². The Labute approximate surface area is 101 Å². The molecule has 0 amide bonds. The first-order valence-corrected chi connectivity index (χ1v) is 6.50. The van der Waals surface area contributed by atoms with Gasteiger partial charge in [0.15, 0.2) is 0 Å². The molecule has 0 rings (SSSR count). The van der Waals surface area contributed by atoms with Crippen molar-refractivity contribution in [2.75, 3.05) is 0 Å². The third-order valence-corrected chi connectivity index (χ3v) is 2.63. The first kappa shape index (κ1) is 15.5. The van der Waals surface area contributed by atoms with Crippen molar-refractivity contribution in [1.82, 2.24) is 0 Å². The Morgan fingerprint density at radius 2 is 1.75 bits per heavy atom. The average molecular weight is 228 g/mol. The molecular weight excluding hydrogens is 200 g/mol. The van der Waals surface area contributed by atoms with E-state index >= 15 is 0 Å². The lowest BCUT2D eigenvalue weighted by Gasteiger charge is -2.25. The van der Waals surface area contributed by atoms with Crippen molar-refractivity contribution in [3.05, 3.63) is 0 Å². The maximum atomic E-state index is 12.0. The van der Waals surface area contributed by atoms with Gasteiger partial charge >= 0.3 is 5.97 Å². The highest BCUT2D eigenvalue weighted by Gasteiger charge is 2.26. The van der Waals surface area contributed by atoms with Gasteiger partial charge in [-0.25, -0.2) is 0 Å². The van der Waals surface area contributed by atoms with E-state index in [1.54, 1.807) is 0 Å². The molecule has 2 nitrogen and oxygen atoms in total. The number of ether oxygens (including phenoxy) is 1. The van der Waals surface area contributed by atoms with Crippen LogP contribution in [-0.2, 0) is 9.53 Å². The predicted octanol–water partition coefficient (Wildman–Crippen LogP) is 4.18. The summed E-state index contributed by atoms with van der Waals surface area (Å²) >= 11 is 0. The van der Waals surface area contributed by atoms with Gasteiger partial charge in [-0.05, 0) is 33.1 Å². The SMILES string of the molecule is CCCCCC(C(=O)OC(C)(C)C)C(C)C. The maximum Gasteiger partial charge on any atom is 0.309 e. The van der Waals surface area contributed by atoms with Crippen LogP contribution in [0.4, 0.5) is 0 Å². The third-order valence-electron chi connectivity index (χ3n) is 2.63. The maximum absolute atomic E-state index is 12.0. The second-order valence-corrected chi connectivity index (χ2v) is 5.88. The third kappa shape index (κ3) is 6.86. The highest BCUT2D eigenvalue weighted by atomic mass is 16.6. The largest absolute Gasteiger partial charge is 0.460 e. The normalized spacial score (nSPS) is 13.9. The van der Waals surface area contributed by atoms with Crippen molar-refractivity contribution in [3.63, 3.8) is 0 Å². The molecule has 0 aromatic carbocycles. The fourth-order valence-corrected chi connectivity index (χ4v) is 1.72. The van der Waals surface area contributed by atoms with Gasteiger partial charge in [-0.1, -0.05) is 40.0 Å². The summed E-state index contributed by atoms with van der Waals surface area (Å²) in [7, 11) is 0. The number of hydrogen-bond acceptors (Lipinski definition) is 2. The van der Waals surface area contributed by atoms with E-state index in [-0.39, 0.29) is 17.5 Å². The zero-order valence-electron chi connectivity index (χ0n) is 11.8. The van der Waals surface area contributed by atoms with E-state index < -0.39 is 0 Å². The average Bonchev–Trinajstić information content (AvgIpc) is 2.08. The first-order chi connectivity index (χ1) is 7.28. The van der Waals surface area contributed by atoms with Crippen molar-refractivity contribution < 1.29 is 9.53 Å². The molecule has 1 unspecified atom stereocenters. The number of rotatable bonds is 6. The summed E-state index contributed by atoms with van der Waals surface area (Å²) < 4.78 is 5.45. The molecule has 0 aromatic heterocycles. The second kappa shape index (κ2) is 6.93. The lowest BCUT2D eigenvalue weighted by atomic mass is 9.90. The Morgan fingerprint density at radius 1 is 1.19 bits per heavy atom. The molecular formula is C14H28O2. The Bertz CT molecular complexity index is 201. The van der Waals surface area contributed by atoms with E-state index in [2.05, 4.69) is 20.8 Å². The van der Waals surface area contributed by atoms with Gasteiger partial charge in [-0.2, -0.15) is 0 Å². The standard InChI is InChI=1S/C14H28O2/c1-7-8-9-10-12(11(2)3)13(15)16-14(4,5)6/h11-12H,7-10H2,1-6H3. The van der Waals surface area contributed by atoms with Gasteiger partial charge in [-0.15, -0.1) is 0 Å². The molecule has 0 spiro atoms. The van der Waals surface area contributed by atoms with Gasteiger partial charge in [0.05, 0.1) is 5.92 Å². The van der Waals surface area contributed by atoms with Gasteiger partial charge in [0.1, 0.15) is 5.60 Å². The fraction of sp³-hybridized carbons (Fsp3) is 0.929. The van der Waals surface area contributed by atoms with Crippen molar-refractivity contribution in [1.29, 1.82) is 0 Å². The van der Waals surface area contributed by atoms with Crippen LogP contribution in [0.1, 0.15) is 67.2 Å². The van der Waals surface area contributed by atoms with Gasteiger partial charge in [0.25, 0.3) is 0 Å². The highest BCUT2D eigenvalue weighted by Crippen LogP contribution is 2.23. The summed E-state index contributed by atoms with van der Waals surface area (Å²) in [5.41, 5.74) is -0.366. The summed E-state index contributed by atoms with van der Waals surface area (Å²) in [6.45, 7) is 12.1. The minimum absolute atomic E-state index is 0.0291. The number of carbonyl (C=O) groups excluding carboxylic acids is 1. The van der Waals surface area contributed by atoms with Crippen LogP contribution < -0.4 is 0 Å². The number of unbranched alkanes of at least 4 members (excludes halogenated alkanes) is 2. The molecule has 96 valence electrons. The minimum Gasteiger partial charge on any atom is -0.460 e. The topological polar surface area (TPSA) is 26.3 Å². The van der Waals surface area contributed by atoms with Crippen LogP contribution in [0.25, 0.3) is 0 Å². The summed E-state index contributed by atoms with van der Waals surface area (Å²) in [6.07, 6.45) is 4.48. The van der Waals surface area contributed by atoms with Crippen molar-refractivity contribution >= 4 is 5.97 Å². The molecule has 2 heteroatoms. The molecule has 1 atom stereocenters. The number of hydrogen-bond donors (Lipinski definition) is 0. The van der Waals surface area contributed by atoms with E-state index in [4.69, 9.17) is 4.74 Å². The van der Waals surface area contributed by atoms with Crippen LogP contribution in [0, 0.1) is 11.8 Å². The molecule has 0 radical (unpaired) electrons. The van der Waals surface area contributed by atoms with Gasteiger partial charge in [0.2, 0.25) is 0 Å². The molecule has 0 N–H and O–H groups in total. The van der Waals surface area contributed by atoms with Crippen LogP contribution in [0.15, 0.2) is 0 Å². The van der Waals surface area contributed by atoms with Crippen LogP contribution in [-0.4, -0.2) is 11.6 Å². The Hall–Kier alpha value is -0.530. The zero-order valence-corrected chi connectivity index (χ0v) is 11.8. The lowest BCUT2D eigenvalue weighted by molar-refractivity contribution is -0.162. The lowest BCUT2D eigenvalue weighted by Crippen LogP contribution is -2.31. The molecule has 0 heterocycles. The number of esters is 1. The second-order valence-electron chi connectivity index (χ2n) is 5.88. The van der Waals surface area contributed by atoms with Crippen LogP contribution in [0.3, 0.4) is 0 Å². The van der Waals surface area contributed by atoms with Crippen molar-refractivity contribution in [2.24, 2.45) is 11.8 Å². The molecule has 0 fully saturated rings. The summed E-state index contributed by atoms with van der Waals surface area (Å²) in [4.78, 5) is 12.0. The van der Waals surface area contributed by atoms with Crippen molar-refractivity contribution in [3.8, 4) is 0 Å². The number of carbonyl (C=O) groups is 1. The minimum atomic E-state index is -0.366. The quantitative estimate of drug-likeness (QED) is 0.503. The molecule has 0 saturated heterocycles. The zero-order chi connectivity index (χ0) is 12.8. The fourth-order valence-electron chi connectivity index (χ4n) is 1.72.